The fourth-order valence-electron chi connectivity index (χ4n) is 1.76. The average molecular weight is 323 g/mol. The Kier molecular flexibility index (Phi) is 4.16. The van der Waals surface area contributed by atoms with Crippen LogP contribution >= 0.6 is 15.9 Å². The predicted octanol–water partition coefficient (Wildman–Crippen LogP) is 3.30. The first-order valence-corrected chi connectivity index (χ1v) is 6.44. The van der Waals surface area contributed by atoms with Gasteiger partial charge in [0.2, 0.25) is 0 Å². The summed E-state index contributed by atoms with van der Waals surface area (Å²) in [6.07, 6.45) is 0. The van der Waals surface area contributed by atoms with Crippen molar-refractivity contribution in [2.24, 2.45) is 5.73 Å². The molecular formula is C14H12BrFN2O. The summed E-state index contributed by atoms with van der Waals surface area (Å²) in [5.74, 6) is -1.43. The number of hydrogen-bond donors (Lipinski definition) is 2. The lowest BCUT2D eigenvalue weighted by atomic mass is 10.1. The smallest absolute Gasteiger partial charge is 0.253 e. The highest BCUT2D eigenvalue weighted by atomic mass is 79.9. The first-order chi connectivity index (χ1) is 9.08. The molecule has 0 fully saturated rings. The van der Waals surface area contributed by atoms with Gasteiger partial charge in [-0.1, -0.05) is 46.3 Å². The van der Waals surface area contributed by atoms with Crippen molar-refractivity contribution in [1.82, 2.24) is 0 Å². The van der Waals surface area contributed by atoms with Crippen molar-refractivity contribution in [2.75, 3.05) is 5.32 Å². The maximum Gasteiger partial charge on any atom is 0.253 e. The molecule has 0 spiro atoms. The summed E-state index contributed by atoms with van der Waals surface area (Å²) in [5, 5.41) is 3.02. The minimum atomic E-state index is -0.791. The summed E-state index contributed by atoms with van der Waals surface area (Å²) in [4.78, 5) is 11.3. The van der Waals surface area contributed by atoms with Crippen LogP contribution in [0.1, 0.15) is 15.9 Å². The van der Waals surface area contributed by atoms with Gasteiger partial charge in [0.1, 0.15) is 5.82 Å². The quantitative estimate of drug-likeness (QED) is 0.907. The number of hydrogen-bond acceptors (Lipinski definition) is 2. The third-order valence-electron chi connectivity index (χ3n) is 2.63. The van der Waals surface area contributed by atoms with Gasteiger partial charge >= 0.3 is 0 Å². The average Bonchev–Trinajstić information content (AvgIpc) is 2.36. The topological polar surface area (TPSA) is 55.1 Å². The van der Waals surface area contributed by atoms with Crippen molar-refractivity contribution < 1.29 is 9.18 Å². The van der Waals surface area contributed by atoms with E-state index in [1.54, 1.807) is 6.07 Å². The Balaban J connectivity index is 2.27. The fraction of sp³-hybridized carbons (Fsp3) is 0.0714. The lowest BCUT2D eigenvalue weighted by Crippen LogP contribution is -2.16. The number of rotatable bonds is 4. The minimum Gasteiger partial charge on any atom is -0.380 e. The standard InChI is InChI=1S/C14H12BrFN2O/c15-10-6-11(16)13(14(17)19)12(7-10)18-8-9-4-2-1-3-5-9/h1-7,18H,8H2,(H2,17,19). The maximum absolute atomic E-state index is 13.7. The second-order valence-electron chi connectivity index (χ2n) is 4.01. The summed E-state index contributed by atoms with van der Waals surface area (Å²) in [7, 11) is 0. The maximum atomic E-state index is 13.7. The molecule has 5 heteroatoms. The van der Waals surface area contributed by atoms with E-state index in [-0.39, 0.29) is 5.56 Å². The van der Waals surface area contributed by atoms with Crippen LogP contribution in [0.2, 0.25) is 0 Å². The van der Waals surface area contributed by atoms with E-state index in [2.05, 4.69) is 21.2 Å². The highest BCUT2D eigenvalue weighted by Crippen LogP contribution is 2.25. The molecule has 0 atom stereocenters. The molecule has 0 bridgehead atoms. The Morgan fingerprint density at radius 3 is 2.58 bits per heavy atom. The Hall–Kier alpha value is -1.88. The Labute approximate surface area is 118 Å². The monoisotopic (exact) mass is 322 g/mol. The summed E-state index contributed by atoms with van der Waals surface area (Å²) >= 11 is 3.19. The molecule has 0 heterocycles. The van der Waals surface area contributed by atoms with E-state index < -0.39 is 11.7 Å². The van der Waals surface area contributed by atoms with Gasteiger partial charge in [-0.3, -0.25) is 4.79 Å². The molecule has 19 heavy (non-hydrogen) atoms. The first kappa shape index (κ1) is 13.5. The number of carbonyl (C=O) groups excluding carboxylic acids is 1. The molecule has 0 aliphatic heterocycles. The summed E-state index contributed by atoms with van der Waals surface area (Å²) in [6, 6.07) is 12.5. The molecule has 0 unspecified atom stereocenters. The zero-order valence-corrected chi connectivity index (χ0v) is 11.6. The van der Waals surface area contributed by atoms with Crippen molar-refractivity contribution in [3.05, 3.63) is 63.9 Å². The van der Waals surface area contributed by atoms with E-state index in [1.165, 1.54) is 6.07 Å². The molecule has 3 nitrogen and oxygen atoms in total. The Morgan fingerprint density at radius 1 is 1.26 bits per heavy atom. The minimum absolute atomic E-state index is 0.126. The zero-order valence-electron chi connectivity index (χ0n) is 9.99. The molecule has 2 rings (SSSR count). The lowest BCUT2D eigenvalue weighted by molar-refractivity contribution is 0.0997. The highest BCUT2D eigenvalue weighted by Gasteiger charge is 2.15. The van der Waals surface area contributed by atoms with Gasteiger partial charge in [0.05, 0.1) is 11.3 Å². The van der Waals surface area contributed by atoms with Crippen molar-refractivity contribution in [3.8, 4) is 0 Å². The van der Waals surface area contributed by atoms with E-state index in [0.29, 0.717) is 16.7 Å². The number of anilines is 1. The number of benzene rings is 2. The largest absolute Gasteiger partial charge is 0.380 e. The van der Waals surface area contributed by atoms with Crippen LogP contribution in [0.3, 0.4) is 0 Å². The second-order valence-corrected chi connectivity index (χ2v) is 4.93. The van der Waals surface area contributed by atoms with E-state index in [9.17, 15) is 9.18 Å². The number of amides is 1. The van der Waals surface area contributed by atoms with Crippen LogP contribution in [-0.4, -0.2) is 5.91 Å². The van der Waals surface area contributed by atoms with E-state index in [0.717, 1.165) is 5.56 Å². The van der Waals surface area contributed by atoms with Gasteiger partial charge < -0.3 is 11.1 Å². The molecule has 2 aromatic carbocycles. The van der Waals surface area contributed by atoms with E-state index in [1.807, 2.05) is 30.3 Å². The molecular weight excluding hydrogens is 311 g/mol. The number of nitrogens with two attached hydrogens (primary N) is 1. The van der Waals surface area contributed by atoms with Gasteiger partial charge in [-0.05, 0) is 17.7 Å². The van der Waals surface area contributed by atoms with Gasteiger partial charge in [-0.2, -0.15) is 0 Å². The molecule has 0 saturated carbocycles. The van der Waals surface area contributed by atoms with E-state index >= 15 is 0 Å². The molecule has 1 amide bonds. The molecule has 0 aliphatic rings. The van der Waals surface area contributed by atoms with Crippen LogP contribution in [0.5, 0.6) is 0 Å². The molecule has 0 radical (unpaired) electrons. The summed E-state index contributed by atoms with van der Waals surface area (Å²) in [6.45, 7) is 0.483. The molecule has 0 aromatic heterocycles. The summed E-state index contributed by atoms with van der Waals surface area (Å²) in [5.41, 5.74) is 6.48. The molecule has 2 aromatic rings. The van der Waals surface area contributed by atoms with Crippen LogP contribution < -0.4 is 11.1 Å². The molecule has 98 valence electrons. The van der Waals surface area contributed by atoms with Crippen LogP contribution in [-0.2, 0) is 6.54 Å². The predicted molar refractivity (Wildman–Crippen MR) is 76.4 cm³/mol. The van der Waals surface area contributed by atoms with Crippen molar-refractivity contribution in [3.63, 3.8) is 0 Å². The van der Waals surface area contributed by atoms with Crippen molar-refractivity contribution in [2.45, 2.75) is 6.54 Å². The van der Waals surface area contributed by atoms with Crippen LogP contribution in [0.15, 0.2) is 46.9 Å². The van der Waals surface area contributed by atoms with E-state index in [4.69, 9.17) is 5.73 Å². The Bertz CT molecular complexity index is 602. The van der Waals surface area contributed by atoms with Crippen LogP contribution in [0.4, 0.5) is 10.1 Å². The highest BCUT2D eigenvalue weighted by molar-refractivity contribution is 9.10. The third kappa shape index (κ3) is 3.32. The zero-order chi connectivity index (χ0) is 13.8. The van der Waals surface area contributed by atoms with Crippen LogP contribution in [0, 0.1) is 5.82 Å². The SMILES string of the molecule is NC(=O)c1c(F)cc(Br)cc1NCc1ccccc1. The summed E-state index contributed by atoms with van der Waals surface area (Å²) < 4.78 is 14.3. The van der Waals surface area contributed by atoms with Gasteiger partial charge in [-0.25, -0.2) is 4.39 Å². The number of primary amides is 1. The fourth-order valence-corrected chi connectivity index (χ4v) is 2.19. The van der Waals surface area contributed by atoms with Gasteiger partial charge in [0.15, 0.2) is 0 Å². The first-order valence-electron chi connectivity index (χ1n) is 5.64. The molecule has 0 aliphatic carbocycles. The van der Waals surface area contributed by atoms with Crippen molar-refractivity contribution in [1.29, 1.82) is 0 Å². The normalized spacial score (nSPS) is 10.2. The number of carbonyl (C=O) groups is 1. The number of nitrogens with one attached hydrogen (secondary N) is 1. The Morgan fingerprint density at radius 2 is 1.95 bits per heavy atom. The van der Waals surface area contributed by atoms with Crippen LogP contribution in [0.25, 0.3) is 0 Å². The van der Waals surface area contributed by atoms with Gasteiger partial charge in [0.25, 0.3) is 5.91 Å². The molecule has 3 N–H and O–H groups in total. The van der Waals surface area contributed by atoms with Crippen molar-refractivity contribution >= 4 is 27.5 Å². The second kappa shape index (κ2) is 5.84. The van der Waals surface area contributed by atoms with Gasteiger partial charge in [-0.15, -0.1) is 0 Å². The third-order valence-corrected chi connectivity index (χ3v) is 3.09. The lowest BCUT2D eigenvalue weighted by Gasteiger charge is -2.11. The van der Waals surface area contributed by atoms with Gasteiger partial charge in [0, 0.05) is 11.0 Å². The molecule has 0 saturated heterocycles. The number of halogens is 2.